The van der Waals surface area contributed by atoms with Gasteiger partial charge in [0.25, 0.3) is 11.8 Å². The van der Waals surface area contributed by atoms with Gasteiger partial charge in [-0.25, -0.2) is 9.37 Å². The van der Waals surface area contributed by atoms with Crippen LogP contribution in [0.4, 0.5) is 10.2 Å². The van der Waals surface area contributed by atoms with Crippen LogP contribution in [0.5, 0.6) is 11.6 Å². The van der Waals surface area contributed by atoms with Crippen molar-refractivity contribution in [1.29, 1.82) is 0 Å². The van der Waals surface area contributed by atoms with Gasteiger partial charge in [0.05, 0.1) is 11.5 Å². The first kappa shape index (κ1) is 33.8. The molecule has 6 rings (SSSR count). The van der Waals surface area contributed by atoms with E-state index in [1.807, 2.05) is 25.7 Å². The van der Waals surface area contributed by atoms with Crippen LogP contribution in [0.25, 0.3) is 0 Å². The van der Waals surface area contributed by atoms with Crippen molar-refractivity contribution < 1.29 is 23.5 Å². The van der Waals surface area contributed by atoms with Gasteiger partial charge in [-0.05, 0) is 89.7 Å². The standard InChI is InChI=1S/C35H47FN8O4/c1-5-30(45)42-19-26(20-42)33(46)41-13-9-25(10-14-41)18-40-15-11-35(12-16-40)21-43(22-35)31-32(39-38-23-37-31)48-29-8-7-27(36)17-28(29)34(47)44(6-2)24(3)4/h5,7-8,17,23-26H,1,6,9-16,18-22H2,2-4H3. The summed E-state index contributed by atoms with van der Waals surface area (Å²) in [6, 6.07) is 3.88. The topological polar surface area (TPSA) is 115 Å². The summed E-state index contributed by atoms with van der Waals surface area (Å²) in [5.41, 5.74) is 0.340. The predicted octanol–water partition coefficient (Wildman–Crippen LogP) is 3.46. The van der Waals surface area contributed by atoms with E-state index in [-0.39, 0.29) is 52.3 Å². The molecule has 48 heavy (non-hydrogen) atoms. The molecule has 0 aliphatic carbocycles. The summed E-state index contributed by atoms with van der Waals surface area (Å²) in [5, 5.41) is 8.15. The van der Waals surface area contributed by atoms with Crippen LogP contribution >= 0.6 is 0 Å². The van der Waals surface area contributed by atoms with E-state index in [1.165, 1.54) is 30.6 Å². The van der Waals surface area contributed by atoms with Crippen molar-refractivity contribution in [2.24, 2.45) is 17.3 Å². The predicted molar refractivity (Wildman–Crippen MR) is 178 cm³/mol. The maximum atomic E-state index is 14.3. The van der Waals surface area contributed by atoms with Gasteiger partial charge in [0, 0.05) is 63.8 Å². The second kappa shape index (κ2) is 14.2. The zero-order valence-corrected chi connectivity index (χ0v) is 28.3. The molecular weight excluding hydrogens is 615 g/mol. The van der Waals surface area contributed by atoms with Crippen LogP contribution in [0, 0.1) is 23.1 Å². The number of rotatable bonds is 10. The van der Waals surface area contributed by atoms with Gasteiger partial charge < -0.3 is 29.2 Å². The highest BCUT2D eigenvalue weighted by molar-refractivity contribution is 5.97. The largest absolute Gasteiger partial charge is 0.434 e. The fraction of sp³-hybridized carbons (Fsp3) is 0.600. The zero-order valence-electron chi connectivity index (χ0n) is 28.3. The Labute approximate surface area is 281 Å². The third kappa shape index (κ3) is 7.01. The second-order valence-electron chi connectivity index (χ2n) is 14.1. The summed E-state index contributed by atoms with van der Waals surface area (Å²) >= 11 is 0. The maximum absolute atomic E-state index is 14.3. The van der Waals surface area contributed by atoms with Gasteiger partial charge in [-0.2, -0.15) is 0 Å². The van der Waals surface area contributed by atoms with Gasteiger partial charge >= 0.3 is 0 Å². The van der Waals surface area contributed by atoms with Crippen LogP contribution < -0.4 is 9.64 Å². The van der Waals surface area contributed by atoms with Gasteiger partial charge in [0.2, 0.25) is 11.8 Å². The molecule has 2 aromatic rings. The number of carbonyl (C=O) groups is 3. The highest BCUT2D eigenvalue weighted by Crippen LogP contribution is 2.44. The third-order valence-corrected chi connectivity index (χ3v) is 10.6. The highest BCUT2D eigenvalue weighted by Gasteiger charge is 2.47. The third-order valence-electron chi connectivity index (χ3n) is 10.6. The Morgan fingerprint density at radius 1 is 1.10 bits per heavy atom. The molecule has 1 spiro atoms. The molecule has 0 saturated carbocycles. The Kier molecular flexibility index (Phi) is 9.95. The molecule has 258 valence electrons. The molecule has 0 N–H and O–H groups in total. The van der Waals surface area contributed by atoms with Gasteiger partial charge in [-0.15, -0.1) is 10.2 Å². The number of aromatic nitrogens is 3. The van der Waals surface area contributed by atoms with E-state index < -0.39 is 5.82 Å². The first-order valence-electron chi connectivity index (χ1n) is 17.2. The average molecular weight is 663 g/mol. The van der Waals surface area contributed by atoms with E-state index in [4.69, 9.17) is 4.74 Å². The van der Waals surface area contributed by atoms with Crippen molar-refractivity contribution in [2.75, 3.05) is 70.3 Å². The van der Waals surface area contributed by atoms with E-state index in [0.717, 1.165) is 71.5 Å². The van der Waals surface area contributed by atoms with Crippen LogP contribution in [0.2, 0.25) is 0 Å². The highest BCUT2D eigenvalue weighted by atomic mass is 19.1. The minimum atomic E-state index is -0.514. The molecule has 3 amide bonds. The lowest BCUT2D eigenvalue weighted by Gasteiger charge is -2.54. The molecule has 0 radical (unpaired) electrons. The number of nitrogens with zero attached hydrogens (tertiary/aromatic N) is 8. The zero-order chi connectivity index (χ0) is 34.0. The normalized spacial score (nSPS) is 20.0. The molecule has 4 saturated heterocycles. The lowest BCUT2D eigenvalue weighted by Crippen LogP contribution is -2.61. The summed E-state index contributed by atoms with van der Waals surface area (Å²) in [5.74, 6) is 0.760. The smallest absolute Gasteiger partial charge is 0.282 e. The number of ether oxygens (including phenoxy) is 1. The van der Waals surface area contributed by atoms with E-state index in [9.17, 15) is 18.8 Å². The quantitative estimate of drug-likeness (QED) is 0.353. The average Bonchev–Trinajstić information content (AvgIpc) is 3.05. The fourth-order valence-electron chi connectivity index (χ4n) is 7.64. The maximum Gasteiger partial charge on any atom is 0.282 e. The van der Waals surface area contributed by atoms with E-state index in [2.05, 4.69) is 31.6 Å². The number of anilines is 1. The van der Waals surface area contributed by atoms with E-state index >= 15 is 0 Å². The molecule has 4 fully saturated rings. The first-order valence-corrected chi connectivity index (χ1v) is 17.2. The molecule has 0 atom stereocenters. The number of amides is 3. The van der Waals surface area contributed by atoms with Crippen LogP contribution in [-0.4, -0.2) is 124 Å². The van der Waals surface area contributed by atoms with Crippen molar-refractivity contribution in [1.82, 2.24) is 34.8 Å². The van der Waals surface area contributed by atoms with Crippen LogP contribution in [0.15, 0.2) is 37.2 Å². The van der Waals surface area contributed by atoms with Crippen molar-refractivity contribution in [3.05, 3.63) is 48.6 Å². The van der Waals surface area contributed by atoms with E-state index in [0.29, 0.717) is 31.4 Å². The Morgan fingerprint density at radius 3 is 2.46 bits per heavy atom. The van der Waals surface area contributed by atoms with Crippen LogP contribution in [0.3, 0.4) is 0 Å². The Morgan fingerprint density at radius 2 is 1.81 bits per heavy atom. The molecule has 4 aliphatic rings. The summed E-state index contributed by atoms with van der Waals surface area (Å²) in [7, 11) is 0. The van der Waals surface area contributed by atoms with Gasteiger partial charge in [0.1, 0.15) is 17.9 Å². The molecule has 1 aromatic heterocycles. The monoisotopic (exact) mass is 662 g/mol. The SMILES string of the molecule is C=CC(=O)N1CC(C(=O)N2CCC(CN3CCC4(CC3)CN(c3ncnnc3Oc3ccc(F)cc3C(=O)N(CC)C(C)C)C4)CC2)C1. The number of likely N-dealkylation sites (tertiary alicyclic amines) is 3. The van der Waals surface area contributed by atoms with Crippen molar-refractivity contribution in [2.45, 2.75) is 52.5 Å². The van der Waals surface area contributed by atoms with Crippen molar-refractivity contribution in [3.8, 4) is 11.6 Å². The van der Waals surface area contributed by atoms with Gasteiger partial charge in [0.15, 0.2) is 5.82 Å². The summed E-state index contributed by atoms with van der Waals surface area (Å²) in [4.78, 5) is 52.5. The number of hydrogen-bond donors (Lipinski definition) is 0. The number of piperidine rings is 2. The summed E-state index contributed by atoms with van der Waals surface area (Å²) in [6.45, 7) is 17.1. The Bertz CT molecular complexity index is 1510. The minimum absolute atomic E-state index is 0.0545. The molecule has 12 nitrogen and oxygen atoms in total. The second-order valence-corrected chi connectivity index (χ2v) is 14.1. The summed E-state index contributed by atoms with van der Waals surface area (Å²) < 4.78 is 20.4. The lowest BCUT2D eigenvalue weighted by atomic mass is 9.72. The van der Waals surface area contributed by atoms with Crippen molar-refractivity contribution in [3.63, 3.8) is 0 Å². The van der Waals surface area contributed by atoms with Crippen molar-refractivity contribution >= 4 is 23.5 Å². The Balaban J connectivity index is 0.986. The molecule has 1 aromatic carbocycles. The molecule has 0 unspecified atom stereocenters. The molecule has 0 bridgehead atoms. The van der Waals surface area contributed by atoms with Crippen LogP contribution in [-0.2, 0) is 9.59 Å². The fourth-order valence-corrected chi connectivity index (χ4v) is 7.64. The van der Waals surface area contributed by atoms with Crippen LogP contribution in [0.1, 0.15) is 56.8 Å². The van der Waals surface area contributed by atoms with Gasteiger partial charge in [-0.3, -0.25) is 14.4 Å². The molecular formula is C35H47FN8O4. The number of hydrogen-bond acceptors (Lipinski definition) is 9. The number of halogens is 1. The van der Waals surface area contributed by atoms with E-state index in [1.54, 1.807) is 9.80 Å². The molecule has 5 heterocycles. The molecule has 13 heteroatoms. The molecule has 4 aliphatic heterocycles. The Hall–Kier alpha value is -4.13. The number of carbonyl (C=O) groups excluding carboxylic acids is 3. The minimum Gasteiger partial charge on any atom is -0.434 e. The van der Waals surface area contributed by atoms with Gasteiger partial charge in [-0.1, -0.05) is 6.58 Å². The number of benzene rings is 1. The first-order chi connectivity index (χ1) is 23.1. The lowest BCUT2D eigenvalue weighted by molar-refractivity contribution is -0.147. The summed E-state index contributed by atoms with van der Waals surface area (Å²) in [6.07, 6.45) is 6.92.